The summed E-state index contributed by atoms with van der Waals surface area (Å²) in [6.07, 6.45) is 0.886. The molecule has 1 aromatic carbocycles. The second-order valence-electron chi connectivity index (χ2n) is 3.28. The Morgan fingerprint density at radius 1 is 1.50 bits per heavy atom. The van der Waals surface area contributed by atoms with Gasteiger partial charge in [0, 0.05) is 25.3 Å². The number of benzene rings is 1. The molecular formula is C11H17N3OS. The highest BCUT2D eigenvalue weighted by Gasteiger charge is 1.95. The predicted molar refractivity (Wildman–Crippen MR) is 70.6 cm³/mol. The Morgan fingerprint density at radius 2 is 2.31 bits per heavy atom. The van der Waals surface area contributed by atoms with E-state index >= 15 is 0 Å². The van der Waals surface area contributed by atoms with Gasteiger partial charge in [0.25, 0.3) is 0 Å². The summed E-state index contributed by atoms with van der Waals surface area (Å²) < 4.78 is 5.52. The molecule has 1 rings (SSSR count). The Bertz CT molecular complexity index is 344. The number of nitrogens with two attached hydrogens (primary N) is 1. The minimum atomic E-state index is 0.642. The van der Waals surface area contributed by atoms with E-state index in [1.165, 1.54) is 0 Å². The van der Waals surface area contributed by atoms with E-state index in [-0.39, 0.29) is 0 Å². The van der Waals surface area contributed by atoms with Crippen LogP contribution in [0.25, 0.3) is 0 Å². The highest BCUT2D eigenvalue weighted by Crippen LogP contribution is 2.14. The van der Waals surface area contributed by atoms with E-state index in [0.717, 1.165) is 18.7 Å². The van der Waals surface area contributed by atoms with Crippen LogP contribution >= 0.6 is 12.2 Å². The lowest BCUT2D eigenvalue weighted by Crippen LogP contribution is -2.33. The van der Waals surface area contributed by atoms with Crippen LogP contribution in [0.5, 0.6) is 5.75 Å². The number of hydrogen-bond donors (Lipinski definition) is 3. The van der Waals surface area contributed by atoms with Gasteiger partial charge < -0.3 is 21.1 Å². The van der Waals surface area contributed by atoms with Gasteiger partial charge in [-0.3, -0.25) is 0 Å². The van der Waals surface area contributed by atoms with Gasteiger partial charge in [0.1, 0.15) is 5.75 Å². The summed E-state index contributed by atoms with van der Waals surface area (Å²) in [5.74, 6) is 0.802. The van der Waals surface area contributed by atoms with Gasteiger partial charge >= 0.3 is 0 Å². The zero-order chi connectivity index (χ0) is 11.8. The van der Waals surface area contributed by atoms with E-state index in [4.69, 9.17) is 22.7 Å². The third-order valence-corrected chi connectivity index (χ3v) is 2.31. The van der Waals surface area contributed by atoms with Crippen molar-refractivity contribution in [1.29, 1.82) is 0 Å². The van der Waals surface area contributed by atoms with Crippen LogP contribution in [-0.2, 0) is 0 Å². The van der Waals surface area contributed by atoms with Gasteiger partial charge in [0.05, 0.1) is 6.61 Å². The van der Waals surface area contributed by atoms with Crippen LogP contribution in [0.2, 0.25) is 0 Å². The van der Waals surface area contributed by atoms with Crippen molar-refractivity contribution in [1.82, 2.24) is 10.6 Å². The molecule has 0 unspecified atom stereocenters. The lowest BCUT2D eigenvalue weighted by molar-refractivity contribution is 0.311. The second kappa shape index (κ2) is 6.90. The summed E-state index contributed by atoms with van der Waals surface area (Å²) in [6, 6.07) is 7.41. The number of nitrogen functional groups attached to an aromatic ring is 1. The summed E-state index contributed by atoms with van der Waals surface area (Å²) in [5.41, 5.74) is 6.34. The van der Waals surface area contributed by atoms with Crippen molar-refractivity contribution in [2.24, 2.45) is 0 Å². The fourth-order valence-electron chi connectivity index (χ4n) is 1.16. The van der Waals surface area contributed by atoms with Crippen LogP contribution in [0, 0.1) is 0 Å². The van der Waals surface area contributed by atoms with E-state index < -0.39 is 0 Å². The molecule has 4 nitrogen and oxygen atoms in total. The number of ether oxygens (including phenoxy) is 1. The fraction of sp³-hybridized carbons (Fsp3) is 0.364. The molecule has 0 spiro atoms. The average Bonchev–Trinajstić information content (AvgIpc) is 2.28. The summed E-state index contributed by atoms with van der Waals surface area (Å²) in [6.45, 7) is 1.44. The number of rotatable bonds is 5. The quantitative estimate of drug-likeness (QED) is 0.408. The van der Waals surface area contributed by atoms with Crippen molar-refractivity contribution in [2.75, 3.05) is 25.9 Å². The van der Waals surface area contributed by atoms with Crippen LogP contribution < -0.4 is 21.1 Å². The van der Waals surface area contributed by atoms with Gasteiger partial charge in [0.2, 0.25) is 0 Å². The van der Waals surface area contributed by atoms with E-state index in [1.807, 2.05) is 24.3 Å². The molecule has 0 aliphatic heterocycles. The highest BCUT2D eigenvalue weighted by molar-refractivity contribution is 7.80. The summed E-state index contributed by atoms with van der Waals surface area (Å²) in [4.78, 5) is 0. The minimum Gasteiger partial charge on any atom is -0.493 e. The molecule has 0 atom stereocenters. The molecule has 4 N–H and O–H groups in total. The van der Waals surface area contributed by atoms with Crippen molar-refractivity contribution in [2.45, 2.75) is 6.42 Å². The first-order valence-electron chi connectivity index (χ1n) is 5.16. The number of hydrogen-bond acceptors (Lipinski definition) is 3. The molecule has 0 bridgehead atoms. The minimum absolute atomic E-state index is 0.642. The summed E-state index contributed by atoms with van der Waals surface area (Å²) in [7, 11) is 1.79. The SMILES string of the molecule is CNC(=S)NCCCOc1cccc(N)c1. The molecule has 88 valence electrons. The normalized spacial score (nSPS) is 9.56. The lowest BCUT2D eigenvalue weighted by Gasteiger charge is -2.08. The molecular weight excluding hydrogens is 222 g/mol. The fourth-order valence-corrected chi connectivity index (χ4v) is 1.26. The maximum absolute atomic E-state index is 5.63. The lowest BCUT2D eigenvalue weighted by atomic mass is 10.3. The molecule has 0 heterocycles. The third-order valence-electron chi connectivity index (χ3n) is 1.96. The number of nitrogens with one attached hydrogen (secondary N) is 2. The molecule has 16 heavy (non-hydrogen) atoms. The zero-order valence-corrected chi connectivity index (χ0v) is 10.1. The van der Waals surface area contributed by atoms with Crippen LogP contribution in [0.4, 0.5) is 5.69 Å². The Labute approximate surface area is 101 Å². The molecule has 1 aromatic rings. The van der Waals surface area contributed by atoms with Gasteiger partial charge in [-0.2, -0.15) is 0 Å². The van der Waals surface area contributed by atoms with Crippen molar-refractivity contribution < 1.29 is 4.74 Å². The topological polar surface area (TPSA) is 59.3 Å². The van der Waals surface area contributed by atoms with Crippen molar-refractivity contribution in [3.8, 4) is 5.75 Å². The molecule has 0 radical (unpaired) electrons. The highest BCUT2D eigenvalue weighted by atomic mass is 32.1. The Balaban J connectivity index is 2.14. The average molecular weight is 239 g/mol. The molecule has 0 amide bonds. The van der Waals surface area contributed by atoms with Crippen molar-refractivity contribution >= 4 is 23.0 Å². The Morgan fingerprint density at radius 3 is 3.00 bits per heavy atom. The van der Waals surface area contributed by atoms with Crippen molar-refractivity contribution in [3.05, 3.63) is 24.3 Å². The van der Waals surface area contributed by atoms with Gasteiger partial charge in [-0.1, -0.05) is 6.07 Å². The number of anilines is 1. The van der Waals surface area contributed by atoms with Gasteiger partial charge in [0.15, 0.2) is 5.11 Å². The molecule has 0 aromatic heterocycles. The first-order valence-corrected chi connectivity index (χ1v) is 5.57. The summed E-state index contributed by atoms with van der Waals surface area (Å²) >= 11 is 4.94. The second-order valence-corrected chi connectivity index (χ2v) is 3.69. The van der Waals surface area contributed by atoms with E-state index in [1.54, 1.807) is 7.05 Å². The maximum Gasteiger partial charge on any atom is 0.166 e. The monoisotopic (exact) mass is 239 g/mol. The van der Waals surface area contributed by atoms with Crippen LogP contribution in [0.1, 0.15) is 6.42 Å². The zero-order valence-electron chi connectivity index (χ0n) is 9.32. The molecule has 0 saturated heterocycles. The van der Waals surface area contributed by atoms with Gasteiger partial charge in [-0.15, -0.1) is 0 Å². The van der Waals surface area contributed by atoms with E-state index in [9.17, 15) is 0 Å². The molecule has 5 heteroatoms. The smallest absolute Gasteiger partial charge is 0.166 e. The molecule has 0 aliphatic carbocycles. The standard InChI is InChI=1S/C11H17N3OS/c1-13-11(16)14-6-3-7-15-10-5-2-4-9(12)8-10/h2,4-5,8H,3,6-7,12H2,1H3,(H2,13,14,16). The Hall–Kier alpha value is -1.49. The van der Waals surface area contributed by atoms with Gasteiger partial charge in [-0.25, -0.2) is 0 Å². The van der Waals surface area contributed by atoms with Gasteiger partial charge in [-0.05, 0) is 30.8 Å². The number of thiocarbonyl (C=S) groups is 1. The first-order chi connectivity index (χ1) is 7.72. The maximum atomic E-state index is 5.63. The Kier molecular flexibility index (Phi) is 5.42. The largest absolute Gasteiger partial charge is 0.493 e. The van der Waals surface area contributed by atoms with E-state index in [0.29, 0.717) is 17.4 Å². The van der Waals surface area contributed by atoms with Crippen LogP contribution in [-0.4, -0.2) is 25.3 Å². The molecule has 0 saturated carbocycles. The first kappa shape index (κ1) is 12.6. The van der Waals surface area contributed by atoms with Crippen molar-refractivity contribution in [3.63, 3.8) is 0 Å². The van der Waals surface area contributed by atoms with Crippen LogP contribution in [0.3, 0.4) is 0 Å². The van der Waals surface area contributed by atoms with Crippen LogP contribution in [0.15, 0.2) is 24.3 Å². The van der Waals surface area contributed by atoms with E-state index in [2.05, 4.69) is 10.6 Å². The summed E-state index contributed by atoms with van der Waals surface area (Å²) in [5, 5.41) is 6.55. The molecule has 0 fully saturated rings. The molecule has 0 aliphatic rings. The predicted octanol–water partition coefficient (Wildman–Crippen LogP) is 1.13. The third kappa shape index (κ3) is 4.84.